The average molecular weight is 294 g/mol. The summed E-state index contributed by atoms with van der Waals surface area (Å²) in [6.45, 7) is 8.96. The van der Waals surface area contributed by atoms with Gasteiger partial charge in [0, 0.05) is 26.2 Å². The Balaban J connectivity index is 2.09. The van der Waals surface area contributed by atoms with E-state index in [1.54, 1.807) is 7.11 Å². The van der Waals surface area contributed by atoms with Crippen molar-refractivity contribution in [1.29, 1.82) is 0 Å². The first kappa shape index (κ1) is 18.0. The van der Waals surface area contributed by atoms with E-state index in [2.05, 4.69) is 43.2 Å². The summed E-state index contributed by atoms with van der Waals surface area (Å²) in [5.41, 5.74) is 1.28. The summed E-state index contributed by atoms with van der Waals surface area (Å²) >= 11 is 0. The molecule has 0 heterocycles. The first-order valence-corrected chi connectivity index (χ1v) is 7.75. The van der Waals surface area contributed by atoms with Gasteiger partial charge in [-0.05, 0) is 51.6 Å². The second-order valence-corrected chi connectivity index (χ2v) is 5.61. The first-order valence-electron chi connectivity index (χ1n) is 7.75. The second-order valence-electron chi connectivity index (χ2n) is 5.61. The molecule has 0 radical (unpaired) electrons. The van der Waals surface area contributed by atoms with E-state index in [1.165, 1.54) is 5.56 Å². The van der Waals surface area contributed by atoms with E-state index in [0.717, 1.165) is 45.0 Å². The predicted molar refractivity (Wildman–Crippen MR) is 87.9 cm³/mol. The van der Waals surface area contributed by atoms with E-state index in [0.29, 0.717) is 6.10 Å². The summed E-state index contributed by atoms with van der Waals surface area (Å²) in [6, 6.07) is 8.24. The zero-order chi connectivity index (χ0) is 15.5. The summed E-state index contributed by atoms with van der Waals surface area (Å²) in [4.78, 5) is 2.31. The van der Waals surface area contributed by atoms with Crippen molar-refractivity contribution < 1.29 is 9.47 Å². The van der Waals surface area contributed by atoms with Crippen LogP contribution >= 0.6 is 0 Å². The third kappa shape index (κ3) is 8.71. The Morgan fingerprint density at radius 3 is 2.76 bits per heavy atom. The quantitative estimate of drug-likeness (QED) is 0.636. The smallest absolute Gasteiger partial charge is 0.119 e. The second kappa shape index (κ2) is 10.6. The van der Waals surface area contributed by atoms with Gasteiger partial charge in [0.1, 0.15) is 5.75 Å². The van der Waals surface area contributed by atoms with Crippen molar-refractivity contribution in [3.63, 3.8) is 0 Å². The maximum absolute atomic E-state index is 5.51. The van der Waals surface area contributed by atoms with E-state index in [9.17, 15) is 0 Å². The van der Waals surface area contributed by atoms with Gasteiger partial charge in [-0.15, -0.1) is 0 Å². The molecular weight excluding hydrogens is 264 g/mol. The van der Waals surface area contributed by atoms with E-state index >= 15 is 0 Å². The number of rotatable bonds is 11. The molecule has 0 aliphatic rings. The van der Waals surface area contributed by atoms with Gasteiger partial charge in [-0.1, -0.05) is 12.1 Å². The number of benzene rings is 1. The van der Waals surface area contributed by atoms with Crippen molar-refractivity contribution in [3.05, 3.63) is 29.8 Å². The highest BCUT2D eigenvalue weighted by molar-refractivity contribution is 5.28. The maximum atomic E-state index is 5.51. The molecule has 1 aromatic carbocycles. The highest BCUT2D eigenvalue weighted by Gasteiger charge is 2.01. The van der Waals surface area contributed by atoms with Crippen molar-refractivity contribution in [2.24, 2.45) is 0 Å². The van der Waals surface area contributed by atoms with Crippen LogP contribution in [0.5, 0.6) is 5.75 Å². The largest absolute Gasteiger partial charge is 0.497 e. The highest BCUT2D eigenvalue weighted by Crippen LogP contribution is 2.13. The molecule has 0 spiro atoms. The molecule has 4 heteroatoms. The van der Waals surface area contributed by atoms with Crippen molar-refractivity contribution in [2.45, 2.75) is 32.9 Å². The molecule has 0 fully saturated rings. The zero-order valence-electron chi connectivity index (χ0n) is 13.9. The van der Waals surface area contributed by atoms with Gasteiger partial charge in [0.2, 0.25) is 0 Å². The standard InChI is InChI=1S/C17H30N2O2/c1-15(2)21-12-6-9-18-10-11-19(3)14-16-7-5-8-17(13-16)20-4/h5,7-8,13,15,18H,6,9-12,14H2,1-4H3. The van der Waals surface area contributed by atoms with Gasteiger partial charge in [0.05, 0.1) is 13.2 Å². The van der Waals surface area contributed by atoms with Gasteiger partial charge in [-0.25, -0.2) is 0 Å². The molecule has 0 saturated heterocycles. The Hall–Kier alpha value is -1.10. The molecule has 120 valence electrons. The van der Waals surface area contributed by atoms with Gasteiger partial charge >= 0.3 is 0 Å². The van der Waals surface area contributed by atoms with Crippen LogP contribution in [0.1, 0.15) is 25.8 Å². The summed E-state index contributed by atoms with van der Waals surface area (Å²) in [6.07, 6.45) is 1.40. The van der Waals surface area contributed by atoms with E-state index in [4.69, 9.17) is 9.47 Å². The number of nitrogens with zero attached hydrogens (tertiary/aromatic N) is 1. The van der Waals surface area contributed by atoms with Crippen molar-refractivity contribution in [2.75, 3.05) is 40.4 Å². The Kier molecular flexibility index (Phi) is 9.06. The molecule has 0 unspecified atom stereocenters. The molecular formula is C17H30N2O2. The Morgan fingerprint density at radius 2 is 2.05 bits per heavy atom. The maximum Gasteiger partial charge on any atom is 0.119 e. The van der Waals surface area contributed by atoms with Gasteiger partial charge < -0.3 is 19.7 Å². The minimum atomic E-state index is 0.332. The summed E-state index contributed by atoms with van der Waals surface area (Å²) in [5, 5.41) is 3.45. The molecule has 4 nitrogen and oxygen atoms in total. The van der Waals surface area contributed by atoms with Crippen LogP contribution in [-0.4, -0.2) is 51.4 Å². The molecule has 21 heavy (non-hydrogen) atoms. The predicted octanol–water partition coefficient (Wildman–Crippen LogP) is 2.53. The van der Waals surface area contributed by atoms with Crippen molar-refractivity contribution in [3.8, 4) is 5.75 Å². The Labute approximate surface area is 129 Å². The molecule has 0 aromatic heterocycles. The van der Waals surface area contributed by atoms with Crippen LogP contribution in [0, 0.1) is 0 Å². The minimum absolute atomic E-state index is 0.332. The Morgan fingerprint density at radius 1 is 1.24 bits per heavy atom. The fourth-order valence-corrected chi connectivity index (χ4v) is 2.07. The third-order valence-corrected chi connectivity index (χ3v) is 3.21. The lowest BCUT2D eigenvalue weighted by Gasteiger charge is -2.17. The molecule has 1 N–H and O–H groups in total. The number of hydrogen-bond donors (Lipinski definition) is 1. The number of likely N-dealkylation sites (N-methyl/N-ethyl adjacent to an activating group) is 1. The lowest BCUT2D eigenvalue weighted by atomic mass is 10.2. The number of nitrogens with one attached hydrogen (secondary N) is 1. The molecule has 0 bridgehead atoms. The molecule has 0 atom stereocenters. The van der Waals surface area contributed by atoms with Crippen molar-refractivity contribution >= 4 is 0 Å². The van der Waals surface area contributed by atoms with Crippen LogP contribution in [0.15, 0.2) is 24.3 Å². The molecule has 0 saturated carbocycles. The van der Waals surface area contributed by atoms with Gasteiger partial charge in [-0.3, -0.25) is 0 Å². The highest BCUT2D eigenvalue weighted by atomic mass is 16.5. The van der Waals surface area contributed by atoms with Crippen LogP contribution in [-0.2, 0) is 11.3 Å². The van der Waals surface area contributed by atoms with Crippen molar-refractivity contribution in [1.82, 2.24) is 10.2 Å². The van der Waals surface area contributed by atoms with Gasteiger partial charge in [-0.2, -0.15) is 0 Å². The average Bonchev–Trinajstić information content (AvgIpc) is 2.46. The number of methoxy groups -OCH3 is 1. The summed E-state index contributed by atoms with van der Waals surface area (Å²) in [5.74, 6) is 0.921. The third-order valence-electron chi connectivity index (χ3n) is 3.21. The molecule has 1 aromatic rings. The van der Waals surface area contributed by atoms with Gasteiger partial charge in [0.25, 0.3) is 0 Å². The molecule has 0 aliphatic carbocycles. The lowest BCUT2D eigenvalue weighted by molar-refractivity contribution is 0.0770. The van der Waals surface area contributed by atoms with Gasteiger partial charge in [0.15, 0.2) is 0 Å². The van der Waals surface area contributed by atoms with E-state index < -0.39 is 0 Å². The lowest BCUT2D eigenvalue weighted by Crippen LogP contribution is -2.29. The fraction of sp³-hybridized carbons (Fsp3) is 0.647. The zero-order valence-corrected chi connectivity index (χ0v) is 13.9. The normalized spacial score (nSPS) is 11.3. The van der Waals surface area contributed by atoms with Crippen LogP contribution < -0.4 is 10.1 Å². The van der Waals surface area contributed by atoms with E-state index in [1.807, 2.05) is 12.1 Å². The van der Waals surface area contributed by atoms with Crippen LogP contribution in [0.2, 0.25) is 0 Å². The SMILES string of the molecule is COc1cccc(CN(C)CCNCCCOC(C)C)c1. The minimum Gasteiger partial charge on any atom is -0.497 e. The topological polar surface area (TPSA) is 33.7 Å². The monoisotopic (exact) mass is 294 g/mol. The van der Waals surface area contributed by atoms with Crippen LogP contribution in [0.4, 0.5) is 0 Å². The summed E-state index contributed by atoms with van der Waals surface area (Å²) < 4.78 is 10.8. The van der Waals surface area contributed by atoms with Crippen LogP contribution in [0.25, 0.3) is 0 Å². The van der Waals surface area contributed by atoms with E-state index in [-0.39, 0.29) is 0 Å². The van der Waals surface area contributed by atoms with Crippen LogP contribution in [0.3, 0.4) is 0 Å². The Bertz CT molecular complexity index is 383. The molecule has 0 amide bonds. The molecule has 0 aliphatic heterocycles. The summed E-state index contributed by atoms with van der Waals surface area (Å²) in [7, 11) is 3.85. The number of hydrogen-bond acceptors (Lipinski definition) is 4. The first-order chi connectivity index (χ1) is 10.1. The molecule has 1 rings (SSSR count). The fourth-order valence-electron chi connectivity index (χ4n) is 2.07. The number of ether oxygens (including phenoxy) is 2.